The molecule has 0 aromatic carbocycles. The van der Waals surface area contributed by atoms with Gasteiger partial charge >= 0.3 is 0 Å². The number of quaternary nitrogens is 1. The van der Waals surface area contributed by atoms with Crippen LogP contribution in [0.15, 0.2) is 0 Å². The Bertz CT molecular complexity index is 104. The minimum absolute atomic E-state index is 0. The second-order valence-electron chi connectivity index (χ2n) is 3.31. The molecule has 0 saturated heterocycles. The van der Waals surface area contributed by atoms with Gasteiger partial charge in [-0.25, -0.2) is 0 Å². The van der Waals surface area contributed by atoms with Gasteiger partial charge in [0.15, 0.2) is 0 Å². The van der Waals surface area contributed by atoms with E-state index in [4.69, 9.17) is 15.3 Å². The summed E-state index contributed by atoms with van der Waals surface area (Å²) in [5, 5.41) is 26.2. The molecule has 0 bridgehead atoms. The molecule has 0 unspecified atom stereocenters. The summed E-state index contributed by atoms with van der Waals surface area (Å²) >= 11 is 0. The summed E-state index contributed by atoms with van der Waals surface area (Å²) in [6.07, 6.45) is 0.719. The zero-order valence-corrected chi connectivity index (χ0v) is 8.19. The van der Waals surface area contributed by atoms with Crippen LogP contribution in [0.1, 0.15) is 6.42 Å². The quantitative estimate of drug-likeness (QED) is 0.437. The lowest BCUT2D eigenvalue weighted by atomic mass is 10.3. The Balaban J connectivity index is 0. The molecule has 13 heavy (non-hydrogen) atoms. The molecule has 0 saturated carbocycles. The number of hydrogen-bond acceptors (Lipinski definition) is 4. The van der Waals surface area contributed by atoms with Crippen LogP contribution in [-0.2, 0) is 0 Å². The lowest BCUT2D eigenvalue weighted by molar-refractivity contribution is -0.910. The summed E-state index contributed by atoms with van der Waals surface area (Å²) in [6, 6.07) is 0. The van der Waals surface area contributed by atoms with Gasteiger partial charge in [0.25, 0.3) is 0 Å². The maximum absolute atomic E-state index is 8.77. The Kier molecular flexibility index (Phi) is 9.87. The minimum Gasteiger partial charge on any atom is -0.870 e. The van der Waals surface area contributed by atoms with Gasteiger partial charge in [0.2, 0.25) is 0 Å². The predicted molar refractivity (Wildman–Crippen MR) is 48.6 cm³/mol. The summed E-state index contributed by atoms with van der Waals surface area (Å²) in [4.78, 5) is 0. The fourth-order valence-corrected chi connectivity index (χ4v) is 1.27. The van der Waals surface area contributed by atoms with Crippen molar-refractivity contribution in [3.63, 3.8) is 0 Å². The van der Waals surface area contributed by atoms with E-state index in [0.717, 1.165) is 13.0 Å². The third-order valence-corrected chi connectivity index (χ3v) is 2.14. The molecule has 82 valence electrons. The van der Waals surface area contributed by atoms with E-state index in [1.807, 2.05) is 7.05 Å². The van der Waals surface area contributed by atoms with E-state index in [0.29, 0.717) is 17.6 Å². The fraction of sp³-hybridized carbons (Fsp3) is 1.00. The molecule has 4 N–H and O–H groups in total. The van der Waals surface area contributed by atoms with Crippen molar-refractivity contribution in [2.24, 2.45) is 0 Å². The molecule has 0 fully saturated rings. The van der Waals surface area contributed by atoms with Crippen LogP contribution in [0.4, 0.5) is 0 Å². The molecular weight excluding hydrogens is 174 g/mol. The first-order valence-corrected chi connectivity index (χ1v) is 4.34. The highest BCUT2D eigenvalue weighted by molar-refractivity contribution is 4.40. The average Bonchev–Trinajstić information content (AvgIpc) is 2.02. The Morgan fingerprint density at radius 3 is 1.62 bits per heavy atom. The monoisotopic (exact) mass is 195 g/mol. The second kappa shape index (κ2) is 8.40. The molecule has 0 aliphatic rings. The van der Waals surface area contributed by atoms with Gasteiger partial charge in [0, 0.05) is 13.0 Å². The molecule has 0 spiro atoms. The number of nitrogens with zero attached hydrogens (tertiary/aromatic N) is 1. The topological polar surface area (TPSA) is 90.7 Å². The summed E-state index contributed by atoms with van der Waals surface area (Å²) in [7, 11) is 1.97. The number of aliphatic hydroxyl groups excluding tert-OH is 3. The van der Waals surface area contributed by atoms with Crippen LogP contribution in [-0.4, -0.2) is 71.8 Å². The SMILES string of the molecule is C[N+](CCO)(CCO)CCCO.[OH-]. The molecule has 0 aliphatic carbocycles. The highest BCUT2D eigenvalue weighted by Gasteiger charge is 2.18. The van der Waals surface area contributed by atoms with Gasteiger partial charge in [0.05, 0.1) is 26.8 Å². The van der Waals surface area contributed by atoms with Crippen LogP contribution in [0.3, 0.4) is 0 Å². The summed E-state index contributed by atoms with van der Waals surface area (Å²) < 4.78 is 0.633. The van der Waals surface area contributed by atoms with Crippen molar-refractivity contribution in [3.05, 3.63) is 0 Å². The van der Waals surface area contributed by atoms with Gasteiger partial charge in [-0.3, -0.25) is 0 Å². The molecule has 5 nitrogen and oxygen atoms in total. The van der Waals surface area contributed by atoms with Crippen molar-refractivity contribution in [2.75, 3.05) is 46.5 Å². The Labute approximate surface area is 79.1 Å². The standard InChI is InChI=1S/C8H20NO3.H2O/c1-9(4-7-11,5-8-12)3-2-6-10;/h10-12H,2-8H2,1H3;1H2/q+1;/p-1. The highest BCUT2D eigenvalue weighted by Crippen LogP contribution is 2.02. The molecule has 5 heteroatoms. The third-order valence-electron chi connectivity index (χ3n) is 2.14. The maximum Gasteiger partial charge on any atom is 0.102 e. The first kappa shape index (κ1) is 15.3. The van der Waals surface area contributed by atoms with E-state index >= 15 is 0 Å². The number of aliphatic hydroxyl groups is 3. The lowest BCUT2D eigenvalue weighted by Crippen LogP contribution is -2.48. The van der Waals surface area contributed by atoms with E-state index in [9.17, 15) is 0 Å². The molecule has 0 amide bonds. The van der Waals surface area contributed by atoms with Crippen molar-refractivity contribution in [2.45, 2.75) is 6.42 Å². The molecule has 0 rings (SSSR count). The smallest absolute Gasteiger partial charge is 0.102 e. The van der Waals surface area contributed by atoms with E-state index in [2.05, 4.69) is 0 Å². The third kappa shape index (κ3) is 6.92. The predicted octanol–water partition coefficient (Wildman–Crippen LogP) is -1.38. The number of rotatable bonds is 7. The van der Waals surface area contributed by atoms with Crippen molar-refractivity contribution in [1.29, 1.82) is 0 Å². The maximum atomic E-state index is 8.77. The van der Waals surface area contributed by atoms with Gasteiger partial charge in [-0.2, -0.15) is 0 Å². The zero-order chi connectivity index (χ0) is 9.45. The first-order valence-electron chi connectivity index (χ1n) is 4.34. The molecular formula is C8H21NO4. The van der Waals surface area contributed by atoms with Gasteiger partial charge in [0.1, 0.15) is 13.1 Å². The van der Waals surface area contributed by atoms with Gasteiger partial charge < -0.3 is 25.3 Å². The largest absolute Gasteiger partial charge is 0.870 e. The van der Waals surface area contributed by atoms with E-state index in [1.54, 1.807) is 0 Å². The van der Waals surface area contributed by atoms with Crippen LogP contribution in [0.25, 0.3) is 0 Å². The summed E-state index contributed by atoms with van der Waals surface area (Å²) in [5.41, 5.74) is 0. The minimum atomic E-state index is 0. The van der Waals surface area contributed by atoms with E-state index < -0.39 is 0 Å². The van der Waals surface area contributed by atoms with Gasteiger partial charge in [-0.05, 0) is 0 Å². The summed E-state index contributed by atoms with van der Waals surface area (Å²) in [6.45, 7) is 2.51. The van der Waals surface area contributed by atoms with Crippen LogP contribution >= 0.6 is 0 Å². The number of hydrogen-bond donors (Lipinski definition) is 3. The molecule has 0 aromatic rings. The van der Waals surface area contributed by atoms with Crippen molar-refractivity contribution in [3.8, 4) is 0 Å². The van der Waals surface area contributed by atoms with Gasteiger partial charge in [-0.15, -0.1) is 0 Å². The Morgan fingerprint density at radius 1 is 0.846 bits per heavy atom. The normalized spacial score (nSPS) is 11.1. The fourth-order valence-electron chi connectivity index (χ4n) is 1.27. The van der Waals surface area contributed by atoms with Crippen molar-refractivity contribution in [1.82, 2.24) is 0 Å². The van der Waals surface area contributed by atoms with E-state index in [-0.39, 0.29) is 25.3 Å². The number of likely N-dealkylation sites (N-methyl/N-ethyl adjacent to an activating group) is 1. The first-order chi connectivity index (χ1) is 5.68. The van der Waals surface area contributed by atoms with Crippen molar-refractivity contribution >= 4 is 0 Å². The van der Waals surface area contributed by atoms with Crippen LogP contribution < -0.4 is 0 Å². The molecule has 0 atom stereocenters. The van der Waals surface area contributed by atoms with Gasteiger partial charge in [-0.1, -0.05) is 0 Å². The molecule has 0 aliphatic heterocycles. The molecule has 0 heterocycles. The van der Waals surface area contributed by atoms with E-state index in [1.165, 1.54) is 0 Å². The Hall–Kier alpha value is -0.200. The average molecular weight is 195 g/mol. The highest BCUT2D eigenvalue weighted by atomic mass is 16.3. The lowest BCUT2D eigenvalue weighted by Gasteiger charge is -2.33. The van der Waals surface area contributed by atoms with Crippen LogP contribution in [0.5, 0.6) is 0 Å². The van der Waals surface area contributed by atoms with Crippen molar-refractivity contribution < 1.29 is 25.3 Å². The molecule has 0 radical (unpaired) electrons. The molecule has 0 aromatic heterocycles. The zero-order valence-electron chi connectivity index (χ0n) is 8.19. The van der Waals surface area contributed by atoms with Crippen LogP contribution in [0.2, 0.25) is 0 Å². The Morgan fingerprint density at radius 2 is 1.31 bits per heavy atom. The van der Waals surface area contributed by atoms with Crippen LogP contribution in [0, 0.1) is 0 Å². The second-order valence-corrected chi connectivity index (χ2v) is 3.31. The summed E-state index contributed by atoms with van der Waals surface area (Å²) in [5.74, 6) is 0.